The van der Waals surface area contributed by atoms with E-state index in [-0.39, 0.29) is 11.1 Å². The number of hydrogen-bond donors (Lipinski definition) is 2. The van der Waals surface area contributed by atoms with Crippen LogP contribution < -0.4 is 10.6 Å². The Morgan fingerprint density at radius 1 is 0.409 bits per heavy atom. The Morgan fingerprint density at radius 2 is 0.636 bits per heavy atom. The van der Waals surface area contributed by atoms with Gasteiger partial charge in [-0.2, -0.15) is 0 Å². The molecule has 134 valence electrons. The molecule has 0 aliphatic rings. The lowest BCUT2D eigenvalue weighted by Crippen LogP contribution is -2.36. The first kappa shape index (κ1) is 21.9. The van der Waals surface area contributed by atoms with E-state index in [1.165, 1.54) is 77.3 Å². The second-order valence-electron chi connectivity index (χ2n) is 8.89. The van der Waals surface area contributed by atoms with Crippen LogP contribution in [0.15, 0.2) is 0 Å². The van der Waals surface area contributed by atoms with Gasteiger partial charge in [-0.1, -0.05) is 51.4 Å². The van der Waals surface area contributed by atoms with Crippen molar-refractivity contribution in [3.8, 4) is 0 Å². The van der Waals surface area contributed by atoms with Gasteiger partial charge in [-0.15, -0.1) is 0 Å². The highest BCUT2D eigenvalue weighted by atomic mass is 14.9. The third-order valence-electron chi connectivity index (χ3n) is 3.91. The summed E-state index contributed by atoms with van der Waals surface area (Å²) in [6.45, 7) is 15.8. The lowest BCUT2D eigenvalue weighted by molar-refractivity contribution is 0.412. The summed E-state index contributed by atoms with van der Waals surface area (Å²) in [5.74, 6) is 0. The molecule has 0 unspecified atom stereocenters. The topological polar surface area (TPSA) is 24.1 Å². The predicted molar refractivity (Wildman–Crippen MR) is 102 cm³/mol. The molecule has 0 heterocycles. The average Bonchev–Trinajstić information content (AvgIpc) is 2.36. The highest BCUT2D eigenvalue weighted by Crippen LogP contribution is 2.11. The van der Waals surface area contributed by atoms with Gasteiger partial charge in [-0.25, -0.2) is 0 Å². The zero-order valence-corrected chi connectivity index (χ0v) is 16.5. The minimum Gasteiger partial charge on any atom is -0.312 e. The van der Waals surface area contributed by atoms with Crippen molar-refractivity contribution in [1.29, 1.82) is 0 Å². The molecule has 0 saturated carbocycles. The van der Waals surface area contributed by atoms with Crippen molar-refractivity contribution in [1.82, 2.24) is 10.6 Å². The zero-order valence-electron chi connectivity index (χ0n) is 16.5. The number of nitrogens with one attached hydrogen (secondary N) is 2. The summed E-state index contributed by atoms with van der Waals surface area (Å²) < 4.78 is 0. The molecule has 0 aromatic carbocycles. The van der Waals surface area contributed by atoms with E-state index in [2.05, 4.69) is 52.2 Å². The van der Waals surface area contributed by atoms with Gasteiger partial charge in [0.1, 0.15) is 0 Å². The van der Waals surface area contributed by atoms with E-state index in [1.54, 1.807) is 0 Å². The van der Waals surface area contributed by atoms with Crippen molar-refractivity contribution < 1.29 is 0 Å². The summed E-state index contributed by atoms with van der Waals surface area (Å²) in [6.07, 6.45) is 14.0. The van der Waals surface area contributed by atoms with Crippen LogP contribution in [-0.4, -0.2) is 24.2 Å². The summed E-state index contributed by atoms with van der Waals surface area (Å²) in [7, 11) is 0. The largest absolute Gasteiger partial charge is 0.312 e. The van der Waals surface area contributed by atoms with E-state index in [0.29, 0.717) is 0 Å². The van der Waals surface area contributed by atoms with Crippen molar-refractivity contribution >= 4 is 0 Å². The third-order valence-corrected chi connectivity index (χ3v) is 3.91. The lowest BCUT2D eigenvalue weighted by atomic mass is 10.1. The van der Waals surface area contributed by atoms with E-state index in [9.17, 15) is 0 Å². The highest BCUT2D eigenvalue weighted by Gasteiger charge is 2.07. The molecule has 0 aliphatic heterocycles. The summed E-state index contributed by atoms with van der Waals surface area (Å²) in [5, 5.41) is 7.12. The molecule has 0 rings (SSSR count). The first-order valence-electron chi connectivity index (χ1n) is 9.71. The number of unbranched alkanes of at least 4 members (excludes halogenated alkanes) is 9. The van der Waals surface area contributed by atoms with Gasteiger partial charge >= 0.3 is 0 Å². The number of hydrogen-bond acceptors (Lipinski definition) is 2. The first-order valence-corrected chi connectivity index (χ1v) is 9.71. The van der Waals surface area contributed by atoms with E-state index in [4.69, 9.17) is 0 Å². The van der Waals surface area contributed by atoms with Crippen molar-refractivity contribution in [3.63, 3.8) is 0 Å². The molecule has 0 amide bonds. The Bertz CT molecular complexity index is 209. The molecule has 0 saturated heterocycles. The van der Waals surface area contributed by atoms with Crippen molar-refractivity contribution in [2.24, 2.45) is 0 Å². The Morgan fingerprint density at radius 3 is 0.864 bits per heavy atom. The molecule has 22 heavy (non-hydrogen) atoms. The van der Waals surface area contributed by atoms with Gasteiger partial charge < -0.3 is 10.6 Å². The molecule has 0 radical (unpaired) electrons. The molecule has 0 atom stereocenters. The maximum absolute atomic E-state index is 3.56. The minimum atomic E-state index is 0.280. The van der Waals surface area contributed by atoms with E-state index in [0.717, 1.165) is 0 Å². The fraction of sp³-hybridized carbons (Fsp3) is 1.00. The van der Waals surface area contributed by atoms with Crippen LogP contribution in [0.4, 0.5) is 0 Å². The normalized spacial score (nSPS) is 12.8. The molecule has 0 aromatic heterocycles. The van der Waals surface area contributed by atoms with E-state index < -0.39 is 0 Å². The Labute approximate surface area is 141 Å². The molecular weight excluding hydrogens is 268 g/mol. The maximum atomic E-state index is 3.56. The Kier molecular flexibility index (Phi) is 12.3. The molecule has 0 bridgehead atoms. The quantitative estimate of drug-likeness (QED) is 0.429. The van der Waals surface area contributed by atoms with E-state index >= 15 is 0 Å². The third kappa shape index (κ3) is 19.9. The van der Waals surface area contributed by atoms with Crippen molar-refractivity contribution in [3.05, 3.63) is 0 Å². The summed E-state index contributed by atoms with van der Waals surface area (Å²) in [4.78, 5) is 0. The van der Waals surface area contributed by atoms with Crippen LogP contribution >= 0.6 is 0 Å². The molecule has 0 aliphatic carbocycles. The number of rotatable bonds is 13. The molecule has 2 heteroatoms. The van der Waals surface area contributed by atoms with Gasteiger partial charge in [0.05, 0.1) is 0 Å². The van der Waals surface area contributed by atoms with E-state index in [1.807, 2.05) is 0 Å². The smallest absolute Gasteiger partial charge is 0.00965 e. The lowest BCUT2D eigenvalue weighted by Gasteiger charge is -2.20. The maximum Gasteiger partial charge on any atom is 0.00965 e. The summed E-state index contributed by atoms with van der Waals surface area (Å²) >= 11 is 0. The fourth-order valence-electron chi connectivity index (χ4n) is 2.59. The average molecular weight is 313 g/mol. The first-order chi connectivity index (χ1) is 10.2. The van der Waals surface area contributed by atoms with Gasteiger partial charge in [0.15, 0.2) is 0 Å². The van der Waals surface area contributed by atoms with Crippen LogP contribution in [0.5, 0.6) is 0 Å². The van der Waals surface area contributed by atoms with Crippen LogP contribution in [0.2, 0.25) is 0 Å². The summed E-state index contributed by atoms with van der Waals surface area (Å²) in [5.41, 5.74) is 0.560. The van der Waals surface area contributed by atoms with Crippen molar-refractivity contribution in [2.75, 3.05) is 13.1 Å². The molecule has 0 aromatic rings. The molecular formula is C20H44N2. The molecule has 0 spiro atoms. The second-order valence-corrected chi connectivity index (χ2v) is 8.89. The molecule has 2 N–H and O–H groups in total. The Balaban J connectivity index is 3.09. The fourth-order valence-corrected chi connectivity index (χ4v) is 2.59. The van der Waals surface area contributed by atoms with Gasteiger partial charge in [0.25, 0.3) is 0 Å². The second kappa shape index (κ2) is 12.4. The SMILES string of the molecule is CC(C)(C)NCCCCCCCCCCCCNC(C)(C)C. The van der Waals surface area contributed by atoms with Gasteiger partial charge in [-0.3, -0.25) is 0 Å². The summed E-state index contributed by atoms with van der Waals surface area (Å²) in [6, 6.07) is 0. The minimum absolute atomic E-state index is 0.280. The monoisotopic (exact) mass is 312 g/mol. The van der Waals surface area contributed by atoms with Crippen LogP contribution in [0, 0.1) is 0 Å². The van der Waals surface area contributed by atoms with Crippen LogP contribution in [-0.2, 0) is 0 Å². The Hall–Kier alpha value is -0.0800. The standard InChI is InChI=1S/C20H44N2/c1-19(2,3)21-17-15-13-11-9-7-8-10-12-14-16-18-22-20(4,5)6/h21-22H,7-18H2,1-6H3. The van der Waals surface area contributed by atoms with Gasteiger partial charge in [0, 0.05) is 11.1 Å². The highest BCUT2D eigenvalue weighted by molar-refractivity contribution is 4.70. The van der Waals surface area contributed by atoms with Crippen LogP contribution in [0.25, 0.3) is 0 Å². The van der Waals surface area contributed by atoms with Crippen molar-refractivity contribution in [2.45, 2.75) is 117 Å². The molecule has 0 fully saturated rings. The van der Waals surface area contributed by atoms with Gasteiger partial charge in [-0.05, 0) is 67.5 Å². The predicted octanol–water partition coefficient (Wildman–Crippen LogP) is 5.66. The van der Waals surface area contributed by atoms with Crippen LogP contribution in [0.3, 0.4) is 0 Å². The van der Waals surface area contributed by atoms with Crippen LogP contribution in [0.1, 0.15) is 106 Å². The van der Waals surface area contributed by atoms with Gasteiger partial charge in [0.2, 0.25) is 0 Å². The zero-order chi connectivity index (χ0) is 16.9. The molecule has 2 nitrogen and oxygen atoms in total.